The van der Waals surface area contributed by atoms with Crippen LogP contribution in [0.25, 0.3) is 0 Å². The molecule has 0 radical (unpaired) electrons. The van der Waals surface area contributed by atoms with Gasteiger partial charge in [-0.05, 0) is 25.7 Å². The molecule has 0 amide bonds. The van der Waals surface area contributed by atoms with Crippen LogP contribution in [-0.4, -0.2) is 21.9 Å². The second-order valence-corrected chi connectivity index (χ2v) is 7.88. The Morgan fingerprint density at radius 3 is 1.32 bits per heavy atom. The normalized spacial score (nSPS) is 11.8. The molecule has 0 unspecified atom stereocenters. The Morgan fingerprint density at radius 2 is 1.00 bits per heavy atom. The summed E-state index contributed by atoms with van der Waals surface area (Å²) in [5.74, 6) is -0.943. The average Bonchev–Trinajstić information content (AvgIpc) is 2.41. The smallest absolute Gasteiger partial charge is 0.230 e. The van der Waals surface area contributed by atoms with Gasteiger partial charge in [-0.15, -0.1) is 0 Å². The van der Waals surface area contributed by atoms with Crippen molar-refractivity contribution in [3.8, 4) is 0 Å². The molecule has 0 spiro atoms. The van der Waals surface area contributed by atoms with Gasteiger partial charge in [0.1, 0.15) is 6.16 Å². The van der Waals surface area contributed by atoms with Crippen LogP contribution in [0.3, 0.4) is 0 Å². The predicted octanol–water partition coefficient (Wildman–Crippen LogP) is 2.31. The van der Waals surface area contributed by atoms with Gasteiger partial charge in [0.15, 0.2) is 0 Å². The van der Waals surface area contributed by atoms with Crippen LogP contribution < -0.4 is 10.00 Å². The van der Waals surface area contributed by atoms with Crippen molar-refractivity contribution in [1.82, 2.24) is 0 Å². The van der Waals surface area contributed by atoms with Gasteiger partial charge in [0.2, 0.25) is 7.94 Å². The Balaban J connectivity index is 3.04. The van der Waals surface area contributed by atoms with Crippen LogP contribution in [0.5, 0.6) is 0 Å². The summed E-state index contributed by atoms with van der Waals surface area (Å²) >= 11 is 0. The summed E-state index contributed by atoms with van der Waals surface area (Å²) in [6, 6.07) is 0. The first-order valence-corrected chi connectivity index (χ1v) is 10.5. The monoisotopic (exact) mass is 335 g/mol. The molecule has 0 fully saturated rings. The first-order chi connectivity index (χ1) is 10.4. The molecular formula is C16H32O5P-. The third-order valence-electron chi connectivity index (χ3n) is 3.83. The number of hydrogen-bond donors (Lipinski definition) is 2. The van der Waals surface area contributed by atoms with Crippen LogP contribution in [0.1, 0.15) is 89.9 Å². The molecule has 0 atom stereocenters. The van der Waals surface area contributed by atoms with Crippen molar-refractivity contribution in [2.75, 3.05) is 6.16 Å². The molecule has 0 aliphatic rings. The van der Waals surface area contributed by atoms with Crippen molar-refractivity contribution in [3.63, 3.8) is 0 Å². The zero-order chi connectivity index (χ0) is 16.7. The maximum Gasteiger partial charge on any atom is 0.230 e. The zero-order valence-electron chi connectivity index (χ0n) is 13.7. The SMILES string of the molecule is O=C([O-])CCCCCCCCCCCCCCC[P+]([O-])(O)O. The summed E-state index contributed by atoms with van der Waals surface area (Å²) in [5, 5.41) is 10.2. The quantitative estimate of drug-likeness (QED) is 0.333. The van der Waals surface area contributed by atoms with E-state index in [2.05, 4.69) is 0 Å². The highest BCUT2D eigenvalue weighted by atomic mass is 31.2. The van der Waals surface area contributed by atoms with Crippen LogP contribution >= 0.6 is 7.94 Å². The van der Waals surface area contributed by atoms with Gasteiger partial charge in [0, 0.05) is 5.97 Å². The van der Waals surface area contributed by atoms with E-state index in [1.807, 2.05) is 0 Å². The molecule has 0 saturated heterocycles. The van der Waals surface area contributed by atoms with E-state index in [-0.39, 0.29) is 12.6 Å². The first-order valence-electron chi connectivity index (χ1n) is 8.66. The van der Waals surface area contributed by atoms with E-state index in [0.29, 0.717) is 6.42 Å². The number of carboxylic acid groups (broad SMARTS) is 1. The highest BCUT2D eigenvalue weighted by Gasteiger charge is 2.16. The largest absolute Gasteiger partial charge is 0.632 e. The number of hydrogen-bond acceptors (Lipinski definition) is 5. The summed E-state index contributed by atoms with van der Waals surface area (Å²) in [7, 11) is -3.79. The first kappa shape index (κ1) is 21.8. The predicted molar refractivity (Wildman–Crippen MR) is 85.9 cm³/mol. The van der Waals surface area contributed by atoms with Crippen LogP contribution in [0, 0.1) is 0 Å². The highest BCUT2D eigenvalue weighted by molar-refractivity contribution is 7.57. The van der Waals surface area contributed by atoms with Gasteiger partial charge < -0.3 is 14.8 Å². The molecule has 0 aromatic rings. The molecule has 6 heteroatoms. The fraction of sp³-hybridized carbons (Fsp3) is 0.938. The number of carboxylic acids is 1. The van der Waals surface area contributed by atoms with Gasteiger partial charge in [0.05, 0.1) is 0 Å². The maximum absolute atomic E-state index is 10.6. The molecule has 2 N–H and O–H groups in total. The van der Waals surface area contributed by atoms with E-state index in [4.69, 9.17) is 9.79 Å². The summed E-state index contributed by atoms with van der Waals surface area (Å²) in [6.07, 6.45) is 14.2. The molecular weight excluding hydrogens is 303 g/mol. The zero-order valence-corrected chi connectivity index (χ0v) is 14.6. The Labute approximate surface area is 135 Å². The van der Waals surface area contributed by atoms with E-state index >= 15 is 0 Å². The molecule has 0 heterocycles. The van der Waals surface area contributed by atoms with E-state index in [1.54, 1.807) is 0 Å². The number of carbonyl (C=O) groups is 1. The third-order valence-corrected chi connectivity index (χ3v) is 4.73. The Bertz CT molecular complexity index is 266. The minimum absolute atomic E-state index is 0.0238. The second-order valence-electron chi connectivity index (χ2n) is 6.11. The van der Waals surface area contributed by atoms with Gasteiger partial charge in [0.25, 0.3) is 0 Å². The Kier molecular flexibility index (Phi) is 14.2. The van der Waals surface area contributed by atoms with Crippen molar-refractivity contribution in [3.05, 3.63) is 0 Å². The summed E-state index contributed by atoms with van der Waals surface area (Å²) in [5.41, 5.74) is 0. The molecule has 0 bridgehead atoms. The van der Waals surface area contributed by atoms with Crippen molar-refractivity contribution in [2.24, 2.45) is 0 Å². The summed E-state index contributed by atoms with van der Waals surface area (Å²) in [6.45, 7) is 0. The molecule has 22 heavy (non-hydrogen) atoms. The Morgan fingerprint density at radius 1 is 0.682 bits per heavy atom. The van der Waals surface area contributed by atoms with Gasteiger partial charge in [-0.1, -0.05) is 64.2 Å². The minimum atomic E-state index is -3.79. The van der Waals surface area contributed by atoms with Crippen molar-refractivity contribution < 1.29 is 24.6 Å². The van der Waals surface area contributed by atoms with Crippen LogP contribution in [-0.2, 0) is 4.79 Å². The molecule has 5 nitrogen and oxygen atoms in total. The third kappa shape index (κ3) is 19.8. The molecule has 132 valence electrons. The number of aliphatic carboxylic acids is 1. The lowest BCUT2D eigenvalue weighted by atomic mass is 10.0. The van der Waals surface area contributed by atoms with E-state index < -0.39 is 13.9 Å². The molecule has 0 aliphatic carbocycles. The molecule has 0 aromatic carbocycles. The van der Waals surface area contributed by atoms with Crippen LogP contribution in [0.4, 0.5) is 0 Å². The van der Waals surface area contributed by atoms with Crippen LogP contribution in [0.15, 0.2) is 0 Å². The van der Waals surface area contributed by atoms with Gasteiger partial charge in [-0.3, -0.25) is 0 Å². The standard InChI is InChI=1S/C16H33O5P/c17-16(18)14-12-10-8-6-4-2-1-3-5-7-9-11-13-15-22(19,20)21/h1-15H2,(H,17,18)(H2,19,20,21)/p-1. The second kappa shape index (κ2) is 14.4. The van der Waals surface area contributed by atoms with E-state index in [0.717, 1.165) is 38.5 Å². The maximum atomic E-state index is 10.6. The highest BCUT2D eigenvalue weighted by Crippen LogP contribution is 2.39. The van der Waals surface area contributed by atoms with E-state index in [1.165, 1.54) is 38.5 Å². The minimum Gasteiger partial charge on any atom is -0.632 e. The number of carbonyl (C=O) groups excluding carboxylic acids is 1. The van der Waals surface area contributed by atoms with Crippen molar-refractivity contribution in [1.29, 1.82) is 0 Å². The summed E-state index contributed by atoms with van der Waals surface area (Å²) < 4.78 is 0. The average molecular weight is 335 g/mol. The lowest BCUT2D eigenvalue weighted by molar-refractivity contribution is -0.305. The number of unbranched alkanes of at least 4 members (excludes halogenated alkanes) is 12. The van der Waals surface area contributed by atoms with Gasteiger partial charge >= 0.3 is 0 Å². The lowest BCUT2D eigenvalue weighted by Crippen LogP contribution is -2.21. The van der Waals surface area contributed by atoms with Gasteiger partial charge in [-0.2, -0.15) is 0 Å². The topological polar surface area (TPSA) is 104 Å². The molecule has 0 saturated carbocycles. The van der Waals surface area contributed by atoms with Crippen molar-refractivity contribution >= 4 is 13.9 Å². The van der Waals surface area contributed by atoms with Gasteiger partial charge in [-0.25, -0.2) is 9.79 Å². The van der Waals surface area contributed by atoms with Crippen LogP contribution in [0.2, 0.25) is 0 Å². The molecule has 0 aromatic heterocycles. The Hall–Kier alpha value is -0.220. The fourth-order valence-electron chi connectivity index (χ4n) is 2.53. The summed E-state index contributed by atoms with van der Waals surface area (Å²) in [4.78, 5) is 38.3. The molecule has 0 rings (SSSR count). The fourth-order valence-corrected chi connectivity index (χ4v) is 3.17. The van der Waals surface area contributed by atoms with Crippen molar-refractivity contribution in [2.45, 2.75) is 89.9 Å². The molecule has 0 aliphatic heterocycles. The number of rotatable bonds is 16. The lowest BCUT2D eigenvalue weighted by Gasteiger charge is -2.14. The van der Waals surface area contributed by atoms with E-state index in [9.17, 15) is 14.8 Å².